The van der Waals surface area contributed by atoms with Gasteiger partial charge in [-0.25, -0.2) is 14.8 Å². The number of fused-ring (bicyclic) bond motifs is 7. The minimum absolute atomic E-state index is 0.0388. The number of aryl methyl sites for hydroxylation is 1. The van der Waals surface area contributed by atoms with E-state index in [1.807, 2.05) is 34.6 Å². The van der Waals surface area contributed by atoms with Crippen LogP contribution in [0.4, 0.5) is 13.6 Å². The number of benzene rings is 1. The Morgan fingerprint density at radius 3 is 2.56 bits per heavy atom. The van der Waals surface area contributed by atoms with Crippen LogP contribution in [-0.2, 0) is 20.7 Å². The Morgan fingerprint density at radius 2 is 1.84 bits per heavy atom. The number of aromatic nitrogens is 2. The number of carbonyl (C=O) groups is 3. The average molecular weight is 631 g/mol. The Kier molecular flexibility index (Phi) is 7.59. The van der Waals surface area contributed by atoms with Crippen molar-refractivity contribution in [2.45, 2.75) is 110 Å². The molecule has 6 rings (SSSR count). The fourth-order valence-electron chi connectivity index (χ4n) is 6.87. The maximum absolute atomic E-state index is 14.1. The molecule has 2 amide bonds. The van der Waals surface area contributed by atoms with E-state index in [1.165, 1.54) is 17.9 Å². The first-order chi connectivity index (χ1) is 21.1. The van der Waals surface area contributed by atoms with Gasteiger partial charge in [0, 0.05) is 11.8 Å². The molecule has 1 aromatic carbocycles. The molecular formula is C32H40F2N4O7. The maximum Gasteiger partial charge on any atom is 0.586 e. The molecular weight excluding hydrogens is 590 g/mol. The number of hydrogen-bond donors (Lipinski definition) is 1. The van der Waals surface area contributed by atoms with Crippen LogP contribution < -0.4 is 19.5 Å². The summed E-state index contributed by atoms with van der Waals surface area (Å²) in [5.74, 6) is -1.15. The SMILES string of the molecule is CC(=O)[C@@H]1C(C)[C@@H]2CN1C(=O)[C@H](C(C)(C)C)NC(=O)O[C@]1(C)C[C@H]1CCCCCc1nc3ccc4c(c3nc1O2)OC(F)(F)O4. The van der Waals surface area contributed by atoms with Crippen molar-refractivity contribution in [1.29, 1.82) is 0 Å². The molecule has 13 heteroatoms. The number of rotatable bonds is 1. The topological polar surface area (TPSA) is 129 Å². The molecule has 3 aliphatic heterocycles. The third-order valence-electron chi connectivity index (χ3n) is 9.52. The predicted octanol–water partition coefficient (Wildman–Crippen LogP) is 5.17. The summed E-state index contributed by atoms with van der Waals surface area (Å²) in [6, 6.07) is 1.13. The van der Waals surface area contributed by atoms with E-state index in [-0.39, 0.29) is 41.1 Å². The molecule has 0 radical (unpaired) electrons. The van der Waals surface area contributed by atoms with Gasteiger partial charge in [0.05, 0.1) is 18.1 Å². The van der Waals surface area contributed by atoms with Gasteiger partial charge in [-0.15, -0.1) is 8.78 Å². The molecule has 4 aliphatic rings. The maximum atomic E-state index is 14.1. The predicted molar refractivity (Wildman–Crippen MR) is 157 cm³/mol. The number of nitrogens with one attached hydrogen (secondary N) is 1. The molecule has 244 valence electrons. The van der Waals surface area contributed by atoms with Crippen molar-refractivity contribution in [3.8, 4) is 17.4 Å². The summed E-state index contributed by atoms with van der Waals surface area (Å²) in [6.45, 7) is 10.7. The summed E-state index contributed by atoms with van der Waals surface area (Å²) >= 11 is 0. The largest absolute Gasteiger partial charge is 0.586 e. The zero-order valence-corrected chi connectivity index (χ0v) is 26.4. The molecule has 2 aromatic rings. The van der Waals surface area contributed by atoms with Gasteiger partial charge in [0.1, 0.15) is 29.0 Å². The fourth-order valence-corrected chi connectivity index (χ4v) is 6.87. The van der Waals surface area contributed by atoms with Gasteiger partial charge in [-0.3, -0.25) is 9.59 Å². The van der Waals surface area contributed by atoms with Crippen LogP contribution in [-0.4, -0.2) is 69.3 Å². The van der Waals surface area contributed by atoms with Crippen LogP contribution in [0.3, 0.4) is 0 Å². The summed E-state index contributed by atoms with van der Waals surface area (Å²) in [5, 5.41) is 2.80. The number of halogens is 2. The van der Waals surface area contributed by atoms with Crippen molar-refractivity contribution in [2.75, 3.05) is 6.54 Å². The monoisotopic (exact) mass is 630 g/mol. The van der Waals surface area contributed by atoms with Crippen LogP contribution in [0.2, 0.25) is 0 Å². The molecule has 4 heterocycles. The second kappa shape index (κ2) is 10.9. The van der Waals surface area contributed by atoms with Crippen LogP contribution in [0.15, 0.2) is 12.1 Å². The quantitative estimate of drug-likeness (QED) is 0.454. The second-order valence-electron chi connectivity index (χ2n) is 14.1. The van der Waals surface area contributed by atoms with Crippen LogP contribution >= 0.6 is 0 Å². The lowest BCUT2D eigenvalue weighted by Gasteiger charge is -2.35. The van der Waals surface area contributed by atoms with Crippen molar-refractivity contribution in [1.82, 2.24) is 20.2 Å². The summed E-state index contributed by atoms with van der Waals surface area (Å²) in [7, 11) is 0. The zero-order chi connectivity index (χ0) is 32.5. The Morgan fingerprint density at radius 1 is 1.09 bits per heavy atom. The lowest BCUT2D eigenvalue weighted by Crippen LogP contribution is -2.57. The number of amides is 2. The van der Waals surface area contributed by atoms with E-state index in [0.29, 0.717) is 17.6 Å². The molecule has 1 saturated heterocycles. The molecule has 1 aromatic heterocycles. The Balaban J connectivity index is 1.39. The van der Waals surface area contributed by atoms with Gasteiger partial charge in [-0.05, 0) is 57.1 Å². The summed E-state index contributed by atoms with van der Waals surface area (Å²) in [6.07, 6.45) is -0.485. The number of Topliss-reactive ketones (excluding diaryl/α,β-unsaturated/α-hetero) is 1. The molecule has 2 fully saturated rings. The van der Waals surface area contributed by atoms with Crippen molar-refractivity contribution in [3.05, 3.63) is 17.8 Å². The Labute approximate surface area is 260 Å². The summed E-state index contributed by atoms with van der Waals surface area (Å²) < 4.78 is 49.7. The van der Waals surface area contributed by atoms with Gasteiger partial charge < -0.3 is 29.2 Å². The van der Waals surface area contributed by atoms with Gasteiger partial charge in [-0.2, -0.15) is 0 Å². The van der Waals surface area contributed by atoms with E-state index in [9.17, 15) is 23.2 Å². The van der Waals surface area contributed by atoms with Crippen LogP contribution in [0, 0.1) is 17.3 Å². The smallest absolute Gasteiger partial charge is 0.471 e. The first-order valence-corrected chi connectivity index (χ1v) is 15.6. The third-order valence-corrected chi connectivity index (χ3v) is 9.52. The molecule has 1 saturated carbocycles. The van der Waals surface area contributed by atoms with Crippen LogP contribution in [0.5, 0.6) is 17.4 Å². The first-order valence-electron chi connectivity index (χ1n) is 15.6. The number of alkyl carbamates (subject to hydrolysis) is 1. The highest BCUT2D eigenvalue weighted by Gasteiger charge is 2.54. The van der Waals surface area contributed by atoms with E-state index >= 15 is 0 Å². The lowest BCUT2D eigenvalue weighted by atomic mass is 9.85. The molecule has 1 unspecified atom stereocenters. The number of nitrogens with zero attached hydrogens (tertiary/aromatic N) is 3. The van der Waals surface area contributed by atoms with E-state index < -0.39 is 53.4 Å². The van der Waals surface area contributed by atoms with Gasteiger partial charge in [0.15, 0.2) is 11.5 Å². The van der Waals surface area contributed by atoms with E-state index in [4.69, 9.17) is 19.2 Å². The molecule has 2 bridgehead atoms. The summed E-state index contributed by atoms with van der Waals surface area (Å²) in [5.41, 5.74) is -0.330. The van der Waals surface area contributed by atoms with Crippen LogP contribution in [0.25, 0.3) is 11.0 Å². The highest BCUT2D eigenvalue weighted by Crippen LogP contribution is 2.50. The second-order valence-corrected chi connectivity index (χ2v) is 14.1. The third kappa shape index (κ3) is 5.97. The zero-order valence-electron chi connectivity index (χ0n) is 26.4. The highest BCUT2D eigenvalue weighted by molar-refractivity contribution is 5.92. The normalized spacial score (nSPS) is 31.6. The average Bonchev–Trinajstić information content (AvgIpc) is 3.25. The first kappa shape index (κ1) is 31.2. The fraction of sp³-hybridized carbons (Fsp3) is 0.656. The molecule has 0 spiro atoms. The number of carbonyl (C=O) groups excluding carboxylic acids is 3. The molecule has 1 N–H and O–H groups in total. The molecule has 6 atom stereocenters. The summed E-state index contributed by atoms with van der Waals surface area (Å²) in [4.78, 5) is 51.1. The lowest BCUT2D eigenvalue weighted by molar-refractivity contribution is -0.286. The van der Waals surface area contributed by atoms with Gasteiger partial charge >= 0.3 is 12.4 Å². The van der Waals surface area contributed by atoms with Gasteiger partial charge in [0.2, 0.25) is 17.5 Å². The molecule has 45 heavy (non-hydrogen) atoms. The van der Waals surface area contributed by atoms with Crippen molar-refractivity contribution >= 4 is 28.8 Å². The van der Waals surface area contributed by atoms with E-state index in [1.54, 1.807) is 6.07 Å². The number of ether oxygens (including phenoxy) is 4. The molecule has 11 nitrogen and oxygen atoms in total. The highest BCUT2D eigenvalue weighted by atomic mass is 19.3. The van der Waals surface area contributed by atoms with Crippen molar-refractivity contribution in [2.24, 2.45) is 17.3 Å². The van der Waals surface area contributed by atoms with E-state index in [2.05, 4.69) is 15.0 Å². The van der Waals surface area contributed by atoms with Gasteiger partial charge in [-0.1, -0.05) is 40.5 Å². The number of ketones is 1. The Hall–Kier alpha value is -3.77. The number of alkyl halides is 2. The van der Waals surface area contributed by atoms with Crippen LogP contribution in [0.1, 0.15) is 79.3 Å². The standard InChI is InChI=1S/C32H40F2N4O7/c1-16-22-15-38(24(16)17(2)39)28(40)26(30(3,4)5)37-29(41)45-31(6)14-18(31)10-8-7-9-11-20-27(42-22)36-23-19(35-20)12-13-21-25(23)44-32(33,34)43-21/h12-13,16,18,22,24,26H,7-11,14-15H2,1-6H3,(H,37,41)/t16?,18-,22+,24+,26-,31-/m1/s1. The minimum atomic E-state index is -3.84. The van der Waals surface area contributed by atoms with Crippen molar-refractivity contribution < 1.29 is 42.1 Å². The minimum Gasteiger partial charge on any atom is -0.471 e. The van der Waals surface area contributed by atoms with Gasteiger partial charge in [0.25, 0.3) is 0 Å². The van der Waals surface area contributed by atoms with Crippen molar-refractivity contribution in [3.63, 3.8) is 0 Å². The van der Waals surface area contributed by atoms with E-state index in [0.717, 1.165) is 32.1 Å². The molecule has 1 aliphatic carbocycles. The number of hydrogen-bond acceptors (Lipinski definition) is 9. The Bertz CT molecular complexity index is 1550.